The second-order valence-corrected chi connectivity index (χ2v) is 4.80. The Morgan fingerprint density at radius 1 is 1.10 bits per heavy atom. The van der Waals surface area contributed by atoms with Crippen molar-refractivity contribution >= 4 is 17.3 Å². The molecule has 0 radical (unpaired) electrons. The first-order valence-corrected chi connectivity index (χ1v) is 6.82. The van der Waals surface area contributed by atoms with Crippen LogP contribution < -0.4 is 5.32 Å². The molecule has 21 heavy (non-hydrogen) atoms. The fraction of sp³-hybridized carbons (Fsp3) is 0.176. The molecule has 0 aliphatic heterocycles. The van der Waals surface area contributed by atoms with E-state index in [4.69, 9.17) is 5.21 Å². The van der Waals surface area contributed by atoms with Crippen molar-refractivity contribution in [2.75, 3.05) is 5.32 Å². The maximum atomic E-state index is 11.9. The minimum atomic E-state index is -0.0147. The largest absolute Gasteiger partial charge is 0.411 e. The van der Waals surface area contributed by atoms with Crippen molar-refractivity contribution in [2.24, 2.45) is 5.16 Å². The van der Waals surface area contributed by atoms with Gasteiger partial charge < -0.3 is 10.5 Å². The number of rotatable bonds is 5. The molecule has 0 saturated carbocycles. The van der Waals surface area contributed by atoms with Crippen LogP contribution in [0.25, 0.3) is 0 Å². The Hall–Kier alpha value is -2.62. The van der Waals surface area contributed by atoms with E-state index in [9.17, 15) is 4.79 Å². The highest BCUT2D eigenvalue weighted by Crippen LogP contribution is 2.11. The summed E-state index contributed by atoms with van der Waals surface area (Å²) in [6.07, 6.45) is 1.17. The van der Waals surface area contributed by atoms with Crippen LogP contribution in [0.3, 0.4) is 0 Å². The third kappa shape index (κ3) is 4.45. The minimum absolute atomic E-state index is 0.0147. The van der Waals surface area contributed by atoms with Crippen molar-refractivity contribution in [2.45, 2.75) is 19.8 Å². The van der Waals surface area contributed by atoms with E-state index in [-0.39, 0.29) is 5.91 Å². The van der Waals surface area contributed by atoms with Crippen molar-refractivity contribution in [1.29, 1.82) is 0 Å². The van der Waals surface area contributed by atoms with Gasteiger partial charge in [-0.3, -0.25) is 4.79 Å². The summed E-state index contributed by atoms with van der Waals surface area (Å²) >= 11 is 0. The van der Waals surface area contributed by atoms with Crippen molar-refractivity contribution < 1.29 is 10.0 Å². The summed E-state index contributed by atoms with van der Waals surface area (Å²) < 4.78 is 0. The van der Waals surface area contributed by atoms with E-state index in [1.165, 1.54) is 0 Å². The number of hydrogen-bond acceptors (Lipinski definition) is 3. The number of amides is 1. The van der Waals surface area contributed by atoms with Crippen LogP contribution in [-0.2, 0) is 11.2 Å². The Kier molecular flexibility index (Phi) is 5.10. The molecule has 0 saturated heterocycles. The van der Waals surface area contributed by atoms with E-state index in [2.05, 4.69) is 10.5 Å². The summed E-state index contributed by atoms with van der Waals surface area (Å²) in [6, 6.07) is 17.1. The van der Waals surface area contributed by atoms with Gasteiger partial charge in [0.2, 0.25) is 5.91 Å². The molecule has 108 valence electrons. The Morgan fingerprint density at radius 3 is 2.38 bits per heavy atom. The third-order valence-electron chi connectivity index (χ3n) is 3.22. The summed E-state index contributed by atoms with van der Waals surface area (Å²) in [5.74, 6) is -0.0147. The number of hydrogen-bond donors (Lipinski definition) is 2. The van der Waals surface area contributed by atoms with Crippen molar-refractivity contribution in [3.63, 3.8) is 0 Å². The van der Waals surface area contributed by atoms with Crippen LogP contribution in [0, 0.1) is 0 Å². The molecule has 0 aliphatic rings. The average Bonchev–Trinajstić information content (AvgIpc) is 2.54. The molecular weight excluding hydrogens is 264 g/mol. The van der Waals surface area contributed by atoms with Crippen LogP contribution >= 0.6 is 0 Å². The lowest BCUT2D eigenvalue weighted by atomic mass is 10.1. The van der Waals surface area contributed by atoms with Gasteiger partial charge in [-0.1, -0.05) is 47.6 Å². The monoisotopic (exact) mass is 282 g/mol. The maximum Gasteiger partial charge on any atom is 0.224 e. The van der Waals surface area contributed by atoms with Crippen LogP contribution in [-0.4, -0.2) is 16.8 Å². The molecule has 0 spiro atoms. The van der Waals surface area contributed by atoms with E-state index in [1.807, 2.05) is 42.5 Å². The van der Waals surface area contributed by atoms with Crippen LogP contribution in [0.2, 0.25) is 0 Å². The number of anilines is 1. The van der Waals surface area contributed by atoms with Gasteiger partial charge in [-0.15, -0.1) is 0 Å². The van der Waals surface area contributed by atoms with Gasteiger partial charge in [0, 0.05) is 12.1 Å². The van der Waals surface area contributed by atoms with Gasteiger partial charge in [0.1, 0.15) is 0 Å². The number of nitrogens with one attached hydrogen (secondary N) is 1. The standard InChI is InChI=1S/C17H18N2O2/c1-13(19-21)15-8-10-16(11-9-15)18-17(20)12-7-14-5-3-2-4-6-14/h2-6,8-11,21H,7,12H2,1H3,(H,18,20)/b19-13+. The van der Waals surface area contributed by atoms with E-state index in [1.54, 1.807) is 19.1 Å². The Bertz CT molecular complexity index is 619. The number of benzene rings is 2. The lowest BCUT2D eigenvalue weighted by Crippen LogP contribution is -2.12. The average molecular weight is 282 g/mol. The van der Waals surface area contributed by atoms with Crippen molar-refractivity contribution in [1.82, 2.24) is 0 Å². The van der Waals surface area contributed by atoms with Gasteiger partial charge >= 0.3 is 0 Å². The molecule has 2 N–H and O–H groups in total. The molecule has 4 heteroatoms. The predicted molar refractivity (Wildman–Crippen MR) is 83.8 cm³/mol. The first-order chi connectivity index (χ1) is 10.2. The zero-order valence-electron chi connectivity index (χ0n) is 11.9. The summed E-state index contributed by atoms with van der Waals surface area (Å²) in [6.45, 7) is 1.72. The van der Waals surface area contributed by atoms with E-state index in [0.29, 0.717) is 12.1 Å². The quantitative estimate of drug-likeness (QED) is 0.501. The van der Waals surface area contributed by atoms with E-state index < -0.39 is 0 Å². The molecule has 0 fully saturated rings. The normalized spacial score (nSPS) is 11.2. The molecule has 2 aromatic carbocycles. The SMILES string of the molecule is C/C(=N\O)c1ccc(NC(=O)CCc2ccccc2)cc1. The molecular formula is C17H18N2O2. The Labute approximate surface area is 124 Å². The smallest absolute Gasteiger partial charge is 0.224 e. The molecule has 4 nitrogen and oxygen atoms in total. The van der Waals surface area contributed by atoms with Crippen LogP contribution in [0.1, 0.15) is 24.5 Å². The first-order valence-electron chi connectivity index (χ1n) is 6.82. The number of carbonyl (C=O) groups is 1. The minimum Gasteiger partial charge on any atom is -0.411 e. The molecule has 0 atom stereocenters. The van der Waals surface area contributed by atoms with Gasteiger partial charge in [-0.05, 0) is 36.6 Å². The second kappa shape index (κ2) is 7.24. The highest BCUT2D eigenvalue weighted by Gasteiger charge is 2.04. The maximum absolute atomic E-state index is 11.9. The molecule has 0 heterocycles. The Balaban J connectivity index is 1.88. The predicted octanol–water partition coefficient (Wildman–Crippen LogP) is 3.46. The number of carbonyl (C=O) groups excluding carboxylic acids is 1. The lowest BCUT2D eigenvalue weighted by Gasteiger charge is -2.06. The van der Waals surface area contributed by atoms with Crippen LogP contribution in [0.15, 0.2) is 59.8 Å². The molecule has 0 bridgehead atoms. The van der Waals surface area contributed by atoms with E-state index >= 15 is 0 Å². The molecule has 2 rings (SSSR count). The molecule has 2 aromatic rings. The van der Waals surface area contributed by atoms with Gasteiger partial charge in [0.05, 0.1) is 5.71 Å². The van der Waals surface area contributed by atoms with Crippen LogP contribution in [0.4, 0.5) is 5.69 Å². The highest BCUT2D eigenvalue weighted by atomic mass is 16.4. The zero-order valence-corrected chi connectivity index (χ0v) is 11.9. The second-order valence-electron chi connectivity index (χ2n) is 4.80. The van der Waals surface area contributed by atoms with Gasteiger partial charge in [0.15, 0.2) is 0 Å². The fourth-order valence-electron chi connectivity index (χ4n) is 1.98. The molecule has 1 amide bonds. The number of aryl methyl sites for hydroxylation is 1. The highest BCUT2D eigenvalue weighted by molar-refractivity contribution is 5.99. The fourth-order valence-corrected chi connectivity index (χ4v) is 1.98. The summed E-state index contributed by atoms with van der Waals surface area (Å²) in [4.78, 5) is 11.9. The van der Waals surface area contributed by atoms with Gasteiger partial charge in [-0.25, -0.2) is 0 Å². The van der Waals surface area contributed by atoms with Crippen LogP contribution in [0.5, 0.6) is 0 Å². The number of nitrogens with zero attached hydrogens (tertiary/aromatic N) is 1. The lowest BCUT2D eigenvalue weighted by molar-refractivity contribution is -0.116. The topological polar surface area (TPSA) is 61.7 Å². The first kappa shape index (κ1) is 14.8. The molecule has 0 unspecified atom stereocenters. The third-order valence-corrected chi connectivity index (χ3v) is 3.22. The van der Waals surface area contributed by atoms with Crippen molar-refractivity contribution in [3.8, 4) is 0 Å². The van der Waals surface area contributed by atoms with Gasteiger partial charge in [-0.2, -0.15) is 0 Å². The Morgan fingerprint density at radius 2 is 1.76 bits per heavy atom. The van der Waals surface area contributed by atoms with E-state index in [0.717, 1.165) is 23.2 Å². The molecule has 0 aromatic heterocycles. The summed E-state index contributed by atoms with van der Waals surface area (Å²) in [5.41, 5.74) is 3.25. The summed E-state index contributed by atoms with van der Waals surface area (Å²) in [7, 11) is 0. The molecule has 0 aliphatic carbocycles. The number of oxime groups is 1. The van der Waals surface area contributed by atoms with Gasteiger partial charge in [0.25, 0.3) is 0 Å². The van der Waals surface area contributed by atoms with Crippen molar-refractivity contribution in [3.05, 3.63) is 65.7 Å². The summed E-state index contributed by atoms with van der Waals surface area (Å²) in [5, 5.41) is 14.7. The zero-order chi connectivity index (χ0) is 15.1.